The lowest BCUT2D eigenvalue weighted by molar-refractivity contribution is 0.216. The third kappa shape index (κ3) is 6.54. The summed E-state index contributed by atoms with van der Waals surface area (Å²) in [5.74, 6) is 0.957. The summed E-state index contributed by atoms with van der Waals surface area (Å²) in [5, 5.41) is 3.80. The molecule has 0 unspecified atom stereocenters. The molecule has 2 aromatic carbocycles. The summed E-state index contributed by atoms with van der Waals surface area (Å²) in [6.45, 7) is 4.44. The maximum absolute atomic E-state index is 13.5. The summed E-state index contributed by atoms with van der Waals surface area (Å²) in [6.07, 6.45) is 2.11. The first-order valence-electron chi connectivity index (χ1n) is 10.4. The minimum Gasteiger partial charge on any atom is -0.493 e. The molecule has 11 heteroatoms. The number of rotatable bonds is 12. The maximum Gasteiger partial charge on any atom is 0.330 e. The van der Waals surface area contributed by atoms with Crippen molar-refractivity contribution < 1.29 is 27.5 Å². The van der Waals surface area contributed by atoms with E-state index in [9.17, 15) is 8.96 Å². The lowest BCUT2D eigenvalue weighted by Gasteiger charge is -2.17. The van der Waals surface area contributed by atoms with Crippen LogP contribution in [0.2, 0.25) is 5.02 Å². The Morgan fingerprint density at radius 3 is 2.52 bits per heavy atom. The van der Waals surface area contributed by atoms with E-state index in [1.165, 1.54) is 25.6 Å². The van der Waals surface area contributed by atoms with Gasteiger partial charge in [0.05, 0.1) is 43.6 Å². The van der Waals surface area contributed by atoms with Crippen LogP contribution in [0.3, 0.4) is 0 Å². The third-order valence-corrected chi connectivity index (χ3v) is 7.05. The van der Waals surface area contributed by atoms with E-state index in [-0.39, 0.29) is 17.8 Å². The number of nitrogens with zero attached hydrogens (tertiary/aromatic N) is 2. The molecule has 0 saturated carbocycles. The Hall–Kier alpha value is -2.45. The number of halogens is 2. The predicted molar refractivity (Wildman–Crippen MR) is 127 cm³/mol. The average molecular weight is 498 g/mol. The third-order valence-electron chi connectivity index (χ3n) is 4.59. The van der Waals surface area contributed by atoms with Crippen LogP contribution in [0.1, 0.15) is 20.3 Å². The van der Waals surface area contributed by atoms with E-state index in [1.807, 2.05) is 0 Å². The van der Waals surface area contributed by atoms with Crippen molar-refractivity contribution in [3.8, 4) is 11.5 Å². The van der Waals surface area contributed by atoms with Crippen molar-refractivity contribution in [3.63, 3.8) is 0 Å². The molecule has 0 aliphatic carbocycles. The van der Waals surface area contributed by atoms with Crippen LogP contribution in [0.25, 0.3) is 10.9 Å². The second-order valence-corrected chi connectivity index (χ2v) is 9.46. The molecule has 0 spiro atoms. The maximum atomic E-state index is 13.5. The molecule has 178 valence electrons. The highest BCUT2D eigenvalue weighted by molar-refractivity contribution is 7.53. The van der Waals surface area contributed by atoms with Crippen molar-refractivity contribution in [2.75, 3.05) is 38.4 Å². The zero-order chi connectivity index (χ0) is 23.8. The summed E-state index contributed by atoms with van der Waals surface area (Å²) < 4.78 is 48.1. The molecule has 0 aliphatic heterocycles. The van der Waals surface area contributed by atoms with Gasteiger partial charge in [-0.2, -0.15) is 0 Å². The van der Waals surface area contributed by atoms with Crippen LogP contribution in [0, 0.1) is 5.82 Å². The molecule has 3 aromatic rings. The Balaban J connectivity index is 1.79. The van der Waals surface area contributed by atoms with Gasteiger partial charge in [-0.05, 0) is 44.5 Å². The van der Waals surface area contributed by atoms with Gasteiger partial charge in [0.25, 0.3) is 0 Å². The fourth-order valence-electron chi connectivity index (χ4n) is 3.15. The zero-order valence-electron chi connectivity index (χ0n) is 18.6. The molecular weight excluding hydrogens is 472 g/mol. The highest BCUT2D eigenvalue weighted by atomic mass is 35.5. The monoisotopic (exact) mass is 497 g/mol. The molecular formula is C22H26ClFN3O5P. The number of methoxy groups -OCH3 is 1. The Morgan fingerprint density at radius 1 is 1.09 bits per heavy atom. The van der Waals surface area contributed by atoms with Gasteiger partial charge in [-0.1, -0.05) is 11.6 Å². The Labute approximate surface area is 196 Å². The Morgan fingerprint density at radius 2 is 1.85 bits per heavy atom. The number of fused-ring (bicyclic) bond motifs is 1. The summed E-state index contributed by atoms with van der Waals surface area (Å²) in [6, 6.07) is 7.80. The van der Waals surface area contributed by atoms with Crippen LogP contribution < -0.4 is 14.8 Å². The molecule has 1 heterocycles. The fraction of sp³-hybridized carbons (Fsp3) is 0.364. The van der Waals surface area contributed by atoms with Gasteiger partial charge in [0, 0.05) is 17.1 Å². The van der Waals surface area contributed by atoms with E-state index in [1.54, 1.807) is 32.0 Å². The van der Waals surface area contributed by atoms with Gasteiger partial charge >= 0.3 is 7.60 Å². The molecule has 0 atom stereocenters. The molecule has 0 amide bonds. The predicted octanol–water partition coefficient (Wildman–Crippen LogP) is 6.21. The highest BCUT2D eigenvalue weighted by Gasteiger charge is 2.23. The molecule has 8 nitrogen and oxygen atoms in total. The lowest BCUT2D eigenvalue weighted by atomic mass is 10.2. The molecule has 1 N–H and O–H groups in total. The highest BCUT2D eigenvalue weighted by Crippen LogP contribution is 2.48. The first kappa shape index (κ1) is 25.2. The normalized spacial score (nSPS) is 11.5. The number of benzene rings is 2. The number of nitrogens with one attached hydrogen (secondary N) is 1. The number of ether oxygens (including phenoxy) is 2. The molecule has 0 fully saturated rings. The number of anilines is 2. The lowest BCUT2D eigenvalue weighted by Crippen LogP contribution is -2.06. The first-order valence-corrected chi connectivity index (χ1v) is 12.6. The molecule has 3 rings (SSSR count). The second-order valence-electron chi connectivity index (χ2n) is 6.87. The molecule has 33 heavy (non-hydrogen) atoms. The summed E-state index contributed by atoms with van der Waals surface area (Å²) in [7, 11) is -1.60. The van der Waals surface area contributed by atoms with E-state index in [2.05, 4.69) is 15.3 Å². The largest absolute Gasteiger partial charge is 0.493 e. The van der Waals surface area contributed by atoms with E-state index >= 15 is 0 Å². The van der Waals surface area contributed by atoms with Crippen molar-refractivity contribution in [1.82, 2.24) is 9.97 Å². The summed E-state index contributed by atoms with van der Waals surface area (Å²) in [4.78, 5) is 8.59. The molecule has 0 bridgehead atoms. The quantitative estimate of drug-likeness (QED) is 0.233. The number of aromatic nitrogens is 2. The molecule has 0 radical (unpaired) electrons. The number of hydrogen-bond acceptors (Lipinski definition) is 8. The van der Waals surface area contributed by atoms with Gasteiger partial charge in [-0.3, -0.25) is 4.57 Å². The van der Waals surface area contributed by atoms with Gasteiger partial charge in [0.1, 0.15) is 18.0 Å². The van der Waals surface area contributed by atoms with Crippen LogP contribution in [-0.2, 0) is 13.6 Å². The van der Waals surface area contributed by atoms with Gasteiger partial charge in [0.15, 0.2) is 11.5 Å². The second kappa shape index (κ2) is 11.6. The van der Waals surface area contributed by atoms with Crippen LogP contribution in [0.4, 0.5) is 15.9 Å². The van der Waals surface area contributed by atoms with E-state index in [0.29, 0.717) is 53.5 Å². The van der Waals surface area contributed by atoms with Crippen molar-refractivity contribution in [2.24, 2.45) is 0 Å². The van der Waals surface area contributed by atoms with Crippen molar-refractivity contribution in [2.45, 2.75) is 20.3 Å². The molecule has 1 aromatic heterocycles. The van der Waals surface area contributed by atoms with Gasteiger partial charge in [-0.25, -0.2) is 14.4 Å². The van der Waals surface area contributed by atoms with E-state index in [4.69, 9.17) is 30.1 Å². The van der Waals surface area contributed by atoms with Crippen molar-refractivity contribution in [3.05, 3.63) is 47.5 Å². The van der Waals surface area contributed by atoms with E-state index in [0.717, 1.165) is 0 Å². The van der Waals surface area contributed by atoms with Crippen LogP contribution >= 0.6 is 19.2 Å². The van der Waals surface area contributed by atoms with Crippen LogP contribution in [0.15, 0.2) is 36.7 Å². The topological polar surface area (TPSA) is 91.8 Å². The van der Waals surface area contributed by atoms with Crippen LogP contribution in [0.5, 0.6) is 11.5 Å². The van der Waals surface area contributed by atoms with Gasteiger partial charge in [-0.15, -0.1) is 0 Å². The zero-order valence-corrected chi connectivity index (χ0v) is 20.3. The smallest absolute Gasteiger partial charge is 0.330 e. The van der Waals surface area contributed by atoms with Gasteiger partial charge < -0.3 is 23.8 Å². The standard InChI is InChI=1S/C22H26ClFN3O5P/c1-4-31-33(28,32-5-2)10-6-9-30-21-12-16-19(13-20(21)29-3)25-14-26-22(16)27-15-7-8-18(24)17(23)11-15/h7-8,11-14H,4-6,9-10H2,1-3H3,(H,25,26,27). The fourth-order valence-corrected chi connectivity index (χ4v) is 4.96. The Kier molecular flexibility index (Phi) is 8.86. The average Bonchev–Trinajstić information content (AvgIpc) is 2.79. The SMILES string of the molecule is CCOP(=O)(CCCOc1cc2c(Nc3ccc(F)c(Cl)c3)ncnc2cc1OC)OCC. The van der Waals surface area contributed by atoms with Gasteiger partial charge in [0.2, 0.25) is 0 Å². The summed E-state index contributed by atoms with van der Waals surface area (Å²) >= 11 is 5.88. The number of hydrogen-bond donors (Lipinski definition) is 1. The minimum atomic E-state index is -3.13. The summed E-state index contributed by atoms with van der Waals surface area (Å²) in [5.41, 5.74) is 1.20. The molecule has 0 saturated heterocycles. The van der Waals surface area contributed by atoms with Crippen molar-refractivity contribution >= 4 is 41.6 Å². The Bertz CT molecular complexity index is 1140. The first-order chi connectivity index (χ1) is 15.9. The minimum absolute atomic E-state index is 0.000415. The molecule has 0 aliphatic rings. The van der Waals surface area contributed by atoms with Crippen LogP contribution in [-0.4, -0.2) is 43.1 Å². The van der Waals surface area contributed by atoms with Crippen molar-refractivity contribution in [1.29, 1.82) is 0 Å². The van der Waals surface area contributed by atoms with E-state index < -0.39 is 13.4 Å².